The molecule has 3 heterocycles. The normalized spacial score (nSPS) is 16.4. The van der Waals surface area contributed by atoms with Crippen molar-refractivity contribution in [2.75, 3.05) is 32.8 Å². The molecule has 0 bridgehead atoms. The van der Waals surface area contributed by atoms with Gasteiger partial charge in [-0.3, -0.25) is 14.5 Å². The van der Waals surface area contributed by atoms with E-state index >= 15 is 0 Å². The summed E-state index contributed by atoms with van der Waals surface area (Å²) in [4.78, 5) is 36.3. The summed E-state index contributed by atoms with van der Waals surface area (Å²) in [5.74, 6) is -0.194. The van der Waals surface area contributed by atoms with Crippen LogP contribution in [0.4, 0.5) is 0 Å². The predicted molar refractivity (Wildman–Crippen MR) is 197 cm³/mol. The minimum absolute atomic E-state index is 0. The summed E-state index contributed by atoms with van der Waals surface area (Å²) in [7, 11) is 0. The molecule has 6 rings (SSSR count). The van der Waals surface area contributed by atoms with Crippen LogP contribution in [0.2, 0.25) is 0 Å². The van der Waals surface area contributed by atoms with E-state index in [9.17, 15) is 9.59 Å². The van der Waals surface area contributed by atoms with Crippen LogP contribution in [-0.4, -0.2) is 65.4 Å². The Labute approximate surface area is 296 Å². The lowest BCUT2D eigenvalue weighted by atomic mass is 9.93. The smallest absolute Gasteiger partial charge is 0.255 e. The number of carbonyl (C=O) groups excluding carboxylic acids is 2. The van der Waals surface area contributed by atoms with Gasteiger partial charge in [-0.25, -0.2) is 4.98 Å². The Morgan fingerprint density at radius 3 is 2.23 bits per heavy atom. The van der Waals surface area contributed by atoms with Crippen molar-refractivity contribution >= 4 is 47.5 Å². The molecule has 0 saturated carbocycles. The molecule has 10 heteroatoms. The summed E-state index contributed by atoms with van der Waals surface area (Å²) >= 11 is 0. The number of hydrogen-bond donors (Lipinski definition) is 2. The highest BCUT2D eigenvalue weighted by Gasteiger charge is 2.29. The van der Waals surface area contributed by atoms with E-state index in [0.717, 1.165) is 60.1 Å². The zero-order valence-corrected chi connectivity index (χ0v) is 29.2. The van der Waals surface area contributed by atoms with Gasteiger partial charge in [-0.2, -0.15) is 0 Å². The van der Waals surface area contributed by atoms with Gasteiger partial charge in [0.1, 0.15) is 5.75 Å². The van der Waals surface area contributed by atoms with Crippen LogP contribution in [0.15, 0.2) is 78.9 Å². The highest BCUT2D eigenvalue weighted by molar-refractivity contribution is 6.09. The molecule has 1 atom stereocenters. The Kier molecular flexibility index (Phi) is 13.6. The molecule has 3 aromatic carbocycles. The minimum atomic E-state index is -0.552. The second-order valence-electron chi connectivity index (χ2n) is 12.6. The van der Waals surface area contributed by atoms with Crippen LogP contribution in [0.5, 0.6) is 5.75 Å². The molecule has 8 nitrogen and oxygen atoms in total. The van der Waals surface area contributed by atoms with Gasteiger partial charge in [-0.1, -0.05) is 74.0 Å². The molecule has 2 saturated heterocycles. The summed E-state index contributed by atoms with van der Waals surface area (Å²) in [6.45, 7) is 6.88. The van der Waals surface area contributed by atoms with Gasteiger partial charge in [0.25, 0.3) is 11.8 Å². The lowest BCUT2D eigenvalue weighted by Crippen LogP contribution is -2.46. The van der Waals surface area contributed by atoms with Crippen molar-refractivity contribution in [3.05, 3.63) is 95.6 Å². The number of carbonyl (C=O) groups is 2. The van der Waals surface area contributed by atoms with E-state index in [-0.39, 0.29) is 43.4 Å². The zero-order chi connectivity index (χ0) is 31.9. The summed E-state index contributed by atoms with van der Waals surface area (Å²) in [6.07, 6.45) is 6.98. The number of nitrogens with zero attached hydrogens (tertiary/aromatic N) is 3. The number of halogens is 2. The van der Waals surface area contributed by atoms with E-state index in [1.807, 2.05) is 54.6 Å². The molecule has 0 unspecified atom stereocenters. The third-order valence-electron chi connectivity index (χ3n) is 9.48. The standard InChI is InChI=1S/C38H45N5O3.2ClH/c1-2-33(27-12-6-3-7-13-27)41-38(45)36-31-17-16-30(46-26-35(39)44)24-34(31)40-37(28-14-8-4-9-15-28)32(36)25-42-22-18-29(19-23-42)43-20-10-5-11-21-43;;/h3-4,6-9,12-17,24,29,33H,2,5,10-11,18-23,25-26H2,1H3,(H2,39,44)(H,41,45);2*1H/t33-;;/m0../s1. The number of primary amides is 1. The molecule has 256 valence electrons. The Bertz CT molecular complexity index is 1640. The first kappa shape index (κ1) is 37.1. The summed E-state index contributed by atoms with van der Waals surface area (Å²) in [6, 6.07) is 26.2. The van der Waals surface area contributed by atoms with Crippen LogP contribution in [0.25, 0.3) is 22.2 Å². The fraction of sp³-hybridized carbons (Fsp3) is 0.395. The minimum Gasteiger partial charge on any atom is -0.484 e. The number of hydrogen-bond acceptors (Lipinski definition) is 6. The Morgan fingerprint density at radius 1 is 0.917 bits per heavy atom. The van der Waals surface area contributed by atoms with Crippen molar-refractivity contribution in [2.24, 2.45) is 5.73 Å². The Morgan fingerprint density at radius 2 is 1.58 bits per heavy atom. The number of fused-ring (bicyclic) bond motifs is 1. The maximum absolute atomic E-state index is 14.5. The maximum Gasteiger partial charge on any atom is 0.255 e. The van der Waals surface area contributed by atoms with Gasteiger partial charge in [0.05, 0.1) is 22.8 Å². The first-order chi connectivity index (χ1) is 22.5. The van der Waals surface area contributed by atoms with E-state index in [4.69, 9.17) is 15.5 Å². The van der Waals surface area contributed by atoms with Gasteiger partial charge < -0.3 is 20.7 Å². The number of amides is 2. The summed E-state index contributed by atoms with van der Waals surface area (Å²) < 4.78 is 5.65. The summed E-state index contributed by atoms with van der Waals surface area (Å²) in [5.41, 5.74) is 10.4. The largest absolute Gasteiger partial charge is 0.484 e. The molecule has 48 heavy (non-hydrogen) atoms. The first-order valence-electron chi connectivity index (χ1n) is 16.8. The van der Waals surface area contributed by atoms with Gasteiger partial charge in [0.2, 0.25) is 0 Å². The van der Waals surface area contributed by atoms with Gasteiger partial charge in [0, 0.05) is 35.2 Å². The number of nitrogens with one attached hydrogen (secondary N) is 1. The van der Waals surface area contributed by atoms with Gasteiger partial charge in [-0.15, -0.1) is 24.8 Å². The fourth-order valence-corrected chi connectivity index (χ4v) is 7.06. The van der Waals surface area contributed by atoms with Crippen molar-refractivity contribution in [1.29, 1.82) is 0 Å². The van der Waals surface area contributed by atoms with E-state index in [0.29, 0.717) is 29.4 Å². The fourth-order valence-electron chi connectivity index (χ4n) is 7.06. The molecule has 2 aliphatic heterocycles. The Balaban J connectivity index is 0.00000260. The quantitative estimate of drug-likeness (QED) is 0.177. The number of rotatable bonds is 11. The Hall–Kier alpha value is -3.69. The predicted octanol–water partition coefficient (Wildman–Crippen LogP) is 6.94. The van der Waals surface area contributed by atoms with Gasteiger partial charge >= 0.3 is 0 Å². The number of likely N-dealkylation sites (tertiary alicyclic amines) is 2. The SMILES string of the molecule is CC[C@H](NC(=O)c1c(CN2CCC(N3CCCCC3)CC2)c(-c2ccccc2)nc2cc(OCC(N)=O)ccc12)c1ccccc1.Cl.Cl. The molecule has 0 aliphatic carbocycles. The average molecular weight is 693 g/mol. The topological polar surface area (TPSA) is 101 Å². The van der Waals surface area contributed by atoms with Crippen molar-refractivity contribution in [2.45, 2.75) is 64.1 Å². The maximum atomic E-state index is 14.5. The molecule has 2 amide bonds. The molecule has 0 radical (unpaired) electrons. The highest BCUT2D eigenvalue weighted by Crippen LogP contribution is 2.34. The summed E-state index contributed by atoms with van der Waals surface area (Å²) in [5, 5.41) is 4.12. The van der Waals surface area contributed by atoms with Crippen LogP contribution >= 0.6 is 24.8 Å². The molecular weight excluding hydrogens is 645 g/mol. The number of nitrogens with two attached hydrogens (primary N) is 1. The first-order valence-corrected chi connectivity index (χ1v) is 16.8. The third kappa shape index (κ3) is 8.85. The van der Waals surface area contributed by atoms with Crippen LogP contribution in [0.1, 0.15) is 73.0 Å². The number of aromatic nitrogens is 1. The van der Waals surface area contributed by atoms with Crippen molar-refractivity contribution < 1.29 is 14.3 Å². The molecule has 3 N–H and O–H groups in total. The van der Waals surface area contributed by atoms with E-state index < -0.39 is 5.91 Å². The van der Waals surface area contributed by atoms with E-state index in [1.54, 1.807) is 12.1 Å². The number of benzene rings is 3. The molecule has 2 fully saturated rings. The monoisotopic (exact) mass is 691 g/mol. The second-order valence-corrected chi connectivity index (χ2v) is 12.6. The van der Waals surface area contributed by atoms with Crippen molar-refractivity contribution in [3.8, 4) is 17.0 Å². The van der Waals surface area contributed by atoms with E-state index in [2.05, 4.69) is 34.2 Å². The van der Waals surface area contributed by atoms with Crippen LogP contribution in [0.3, 0.4) is 0 Å². The second kappa shape index (κ2) is 17.6. The molecule has 4 aromatic rings. The van der Waals surface area contributed by atoms with Crippen molar-refractivity contribution in [3.63, 3.8) is 0 Å². The van der Waals surface area contributed by atoms with Crippen LogP contribution in [0, 0.1) is 0 Å². The zero-order valence-electron chi connectivity index (χ0n) is 27.6. The molecule has 1 aromatic heterocycles. The van der Waals surface area contributed by atoms with Crippen molar-refractivity contribution in [1.82, 2.24) is 20.1 Å². The van der Waals surface area contributed by atoms with Crippen LogP contribution in [-0.2, 0) is 11.3 Å². The lowest BCUT2D eigenvalue weighted by molar-refractivity contribution is -0.119. The molecule has 0 spiro atoms. The molecule has 2 aliphatic rings. The lowest BCUT2D eigenvalue weighted by Gasteiger charge is -2.40. The average Bonchev–Trinajstić information content (AvgIpc) is 3.10. The van der Waals surface area contributed by atoms with Crippen LogP contribution < -0.4 is 15.8 Å². The number of piperidine rings is 2. The van der Waals surface area contributed by atoms with Gasteiger partial charge in [-0.05, 0) is 76.0 Å². The van der Waals surface area contributed by atoms with Gasteiger partial charge in [0.15, 0.2) is 6.61 Å². The third-order valence-corrected chi connectivity index (χ3v) is 9.48. The number of pyridine rings is 1. The van der Waals surface area contributed by atoms with E-state index in [1.165, 1.54) is 32.4 Å². The highest BCUT2D eigenvalue weighted by atomic mass is 35.5. The molecular formula is C38H47Cl2N5O3. The number of ether oxygens (including phenoxy) is 1.